The molecule has 0 aliphatic carbocycles. The summed E-state index contributed by atoms with van der Waals surface area (Å²) in [5.74, 6) is 2.92. The molecule has 2 aliphatic heterocycles. The molecule has 0 spiro atoms. The van der Waals surface area contributed by atoms with Crippen molar-refractivity contribution < 1.29 is 9.53 Å². The predicted octanol–water partition coefficient (Wildman–Crippen LogP) is 1.03. The van der Waals surface area contributed by atoms with Crippen LogP contribution >= 0.6 is 11.8 Å². The Balaban J connectivity index is 1.86. The van der Waals surface area contributed by atoms with E-state index in [-0.39, 0.29) is 5.92 Å². The van der Waals surface area contributed by atoms with E-state index in [0.29, 0.717) is 31.5 Å². The summed E-state index contributed by atoms with van der Waals surface area (Å²) < 4.78 is 5.38. The molecule has 2 unspecified atom stereocenters. The minimum Gasteiger partial charge on any atom is -0.380 e. The summed E-state index contributed by atoms with van der Waals surface area (Å²) in [7, 11) is 0. The average molecular weight is 229 g/mol. The first kappa shape index (κ1) is 11.4. The molecule has 0 amide bonds. The van der Waals surface area contributed by atoms with Gasteiger partial charge in [-0.15, -0.1) is 0 Å². The van der Waals surface area contributed by atoms with Crippen molar-refractivity contribution >= 4 is 17.5 Å². The van der Waals surface area contributed by atoms with E-state index >= 15 is 0 Å². The topological polar surface area (TPSA) is 29.5 Å². The van der Waals surface area contributed by atoms with Gasteiger partial charge in [-0.25, -0.2) is 0 Å². The van der Waals surface area contributed by atoms with Crippen LogP contribution in [0.5, 0.6) is 0 Å². The zero-order valence-corrected chi connectivity index (χ0v) is 10.1. The highest BCUT2D eigenvalue weighted by atomic mass is 32.2. The van der Waals surface area contributed by atoms with Crippen LogP contribution in [0.4, 0.5) is 0 Å². The Morgan fingerprint density at radius 2 is 2.47 bits per heavy atom. The molecule has 2 heterocycles. The summed E-state index contributed by atoms with van der Waals surface area (Å²) in [4.78, 5) is 14.1. The van der Waals surface area contributed by atoms with Crippen LogP contribution in [0.15, 0.2) is 0 Å². The molecule has 4 heteroatoms. The van der Waals surface area contributed by atoms with Crippen LogP contribution in [0, 0.1) is 5.92 Å². The number of rotatable bonds is 2. The largest absolute Gasteiger partial charge is 0.380 e. The molecule has 2 rings (SSSR count). The lowest BCUT2D eigenvalue weighted by Gasteiger charge is -2.36. The van der Waals surface area contributed by atoms with Gasteiger partial charge in [-0.1, -0.05) is 0 Å². The van der Waals surface area contributed by atoms with Crippen molar-refractivity contribution in [1.29, 1.82) is 0 Å². The Morgan fingerprint density at radius 3 is 3.20 bits per heavy atom. The molecule has 0 bridgehead atoms. The maximum atomic E-state index is 11.7. The molecule has 0 N–H and O–H groups in total. The van der Waals surface area contributed by atoms with E-state index < -0.39 is 0 Å². The summed E-state index contributed by atoms with van der Waals surface area (Å²) in [5.41, 5.74) is 0. The highest BCUT2D eigenvalue weighted by molar-refractivity contribution is 7.99. The van der Waals surface area contributed by atoms with Gasteiger partial charge < -0.3 is 4.74 Å². The summed E-state index contributed by atoms with van der Waals surface area (Å²) in [6.45, 7) is 5.53. The second kappa shape index (κ2) is 5.32. The van der Waals surface area contributed by atoms with E-state index in [1.165, 1.54) is 11.5 Å². The van der Waals surface area contributed by atoms with Crippen molar-refractivity contribution in [2.45, 2.75) is 19.4 Å². The van der Waals surface area contributed by atoms with E-state index in [9.17, 15) is 4.79 Å². The Bertz CT molecular complexity index is 235. The van der Waals surface area contributed by atoms with Crippen molar-refractivity contribution in [1.82, 2.24) is 4.90 Å². The van der Waals surface area contributed by atoms with Crippen molar-refractivity contribution in [3.8, 4) is 0 Å². The normalized spacial score (nSPS) is 34.3. The van der Waals surface area contributed by atoms with Gasteiger partial charge in [-0.3, -0.25) is 9.69 Å². The van der Waals surface area contributed by atoms with E-state index in [2.05, 4.69) is 11.8 Å². The van der Waals surface area contributed by atoms with Gasteiger partial charge in [0.1, 0.15) is 5.78 Å². The van der Waals surface area contributed by atoms with Crippen LogP contribution in [-0.4, -0.2) is 54.5 Å². The zero-order chi connectivity index (χ0) is 10.7. The van der Waals surface area contributed by atoms with Crippen LogP contribution in [0.3, 0.4) is 0 Å². The molecule has 15 heavy (non-hydrogen) atoms. The number of carbonyl (C=O) groups excluding carboxylic acids is 1. The number of Topliss-reactive ketones (excluding diaryl/α,β-unsaturated/α-hetero) is 1. The van der Waals surface area contributed by atoms with E-state index in [1.54, 1.807) is 0 Å². The molecule has 2 atom stereocenters. The number of thioether (sulfide) groups is 1. The molecule has 3 nitrogen and oxygen atoms in total. The van der Waals surface area contributed by atoms with Crippen molar-refractivity contribution in [3.05, 3.63) is 0 Å². The fourth-order valence-corrected chi connectivity index (χ4v) is 3.25. The molecule has 0 aromatic carbocycles. The van der Waals surface area contributed by atoms with Crippen LogP contribution in [0.1, 0.15) is 13.3 Å². The lowest BCUT2D eigenvalue weighted by molar-refractivity contribution is -0.131. The molecule has 0 aromatic heterocycles. The zero-order valence-electron chi connectivity index (χ0n) is 9.28. The van der Waals surface area contributed by atoms with Gasteiger partial charge in [0.05, 0.1) is 19.1 Å². The first-order chi connectivity index (χ1) is 7.27. The highest BCUT2D eigenvalue weighted by Crippen LogP contribution is 2.19. The number of carbonyl (C=O) groups is 1. The van der Waals surface area contributed by atoms with E-state index in [1.807, 2.05) is 11.8 Å². The Labute approximate surface area is 95.5 Å². The summed E-state index contributed by atoms with van der Waals surface area (Å²) in [6.07, 6.45) is 0.613. The molecule has 2 saturated heterocycles. The Kier molecular flexibility index (Phi) is 4.05. The Hall–Kier alpha value is -0.0600. The number of ketones is 1. The van der Waals surface area contributed by atoms with Crippen molar-refractivity contribution in [3.63, 3.8) is 0 Å². The highest BCUT2D eigenvalue weighted by Gasteiger charge is 2.28. The molecule has 0 aromatic rings. The minimum atomic E-state index is 0.129. The van der Waals surface area contributed by atoms with Crippen LogP contribution in [0.25, 0.3) is 0 Å². The van der Waals surface area contributed by atoms with Gasteiger partial charge in [0, 0.05) is 37.1 Å². The number of nitrogens with zero attached hydrogens (tertiary/aromatic N) is 1. The number of hydrogen-bond acceptors (Lipinski definition) is 4. The Morgan fingerprint density at radius 1 is 1.60 bits per heavy atom. The van der Waals surface area contributed by atoms with Gasteiger partial charge >= 0.3 is 0 Å². The third-order valence-electron chi connectivity index (χ3n) is 3.23. The van der Waals surface area contributed by atoms with Gasteiger partial charge in [0.25, 0.3) is 0 Å². The third-order valence-corrected chi connectivity index (χ3v) is 4.42. The fourth-order valence-electron chi connectivity index (χ4n) is 2.17. The second-order valence-electron chi connectivity index (χ2n) is 4.41. The molecule has 0 saturated carbocycles. The maximum absolute atomic E-state index is 11.7. The minimum absolute atomic E-state index is 0.129. The summed E-state index contributed by atoms with van der Waals surface area (Å²) in [6, 6.07) is 0.610. The second-order valence-corrected chi connectivity index (χ2v) is 5.56. The number of hydrogen-bond donors (Lipinski definition) is 0. The monoisotopic (exact) mass is 229 g/mol. The van der Waals surface area contributed by atoms with Gasteiger partial charge in [-0.05, 0) is 6.92 Å². The average Bonchev–Trinajstić information content (AvgIpc) is 2.24. The molecular weight excluding hydrogens is 210 g/mol. The van der Waals surface area contributed by atoms with Gasteiger partial charge in [0.2, 0.25) is 0 Å². The SMILES string of the molecule is CC1CSCCN1CC1COCCC1=O. The lowest BCUT2D eigenvalue weighted by Crippen LogP contribution is -2.46. The van der Waals surface area contributed by atoms with E-state index in [4.69, 9.17) is 4.74 Å². The summed E-state index contributed by atoms with van der Waals surface area (Å²) >= 11 is 2.01. The van der Waals surface area contributed by atoms with Crippen LogP contribution in [0.2, 0.25) is 0 Å². The summed E-state index contributed by atoms with van der Waals surface area (Å²) in [5, 5.41) is 0. The van der Waals surface area contributed by atoms with Crippen molar-refractivity contribution in [2.24, 2.45) is 5.92 Å². The first-order valence-corrected chi connectivity index (χ1v) is 6.85. The van der Waals surface area contributed by atoms with Gasteiger partial charge in [-0.2, -0.15) is 11.8 Å². The van der Waals surface area contributed by atoms with Gasteiger partial charge in [0.15, 0.2) is 0 Å². The first-order valence-electron chi connectivity index (χ1n) is 5.69. The third kappa shape index (κ3) is 2.95. The standard InChI is InChI=1S/C11H19NO2S/c1-9-8-15-5-3-12(9)6-10-7-14-4-2-11(10)13/h9-10H,2-8H2,1H3. The maximum Gasteiger partial charge on any atom is 0.141 e. The molecule has 86 valence electrons. The molecule has 2 aliphatic rings. The van der Waals surface area contributed by atoms with E-state index in [0.717, 1.165) is 13.1 Å². The van der Waals surface area contributed by atoms with Crippen molar-refractivity contribution in [2.75, 3.05) is 37.8 Å². The quantitative estimate of drug-likeness (QED) is 0.707. The van der Waals surface area contributed by atoms with Crippen LogP contribution in [-0.2, 0) is 9.53 Å². The number of ether oxygens (including phenoxy) is 1. The molecule has 0 radical (unpaired) electrons. The van der Waals surface area contributed by atoms with Crippen LogP contribution < -0.4 is 0 Å². The smallest absolute Gasteiger partial charge is 0.141 e. The molecular formula is C11H19NO2S. The molecule has 2 fully saturated rings. The fraction of sp³-hybridized carbons (Fsp3) is 0.909. The predicted molar refractivity (Wildman–Crippen MR) is 62.3 cm³/mol. The lowest BCUT2D eigenvalue weighted by atomic mass is 9.99.